The number of aromatic nitrogens is 2. The summed E-state index contributed by atoms with van der Waals surface area (Å²) in [6, 6.07) is 18.7. The van der Waals surface area contributed by atoms with Crippen LogP contribution >= 0.6 is 0 Å². The van der Waals surface area contributed by atoms with Crippen LogP contribution in [0.3, 0.4) is 0 Å². The van der Waals surface area contributed by atoms with Crippen molar-refractivity contribution >= 4 is 5.91 Å². The zero-order valence-corrected chi connectivity index (χ0v) is 13.9. The van der Waals surface area contributed by atoms with Gasteiger partial charge < -0.3 is 9.88 Å². The number of nitrogens with zero attached hydrogens (tertiary/aromatic N) is 3. The monoisotopic (exact) mass is 330 g/mol. The van der Waals surface area contributed by atoms with Gasteiger partial charge in [-0.2, -0.15) is 5.26 Å². The van der Waals surface area contributed by atoms with Crippen molar-refractivity contribution in [1.29, 1.82) is 5.26 Å². The SMILES string of the molecule is Cc1nc(CCNC(=O)c2cccc(C#N)c2)cn1-c1ccccc1. The number of nitriles is 1. The molecule has 1 amide bonds. The Morgan fingerprint density at radius 2 is 2.00 bits per heavy atom. The van der Waals surface area contributed by atoms with E-state index >= 15 is 0 Å². The summed E-state index contributed by atoms with van der Waals surface area (Å²) in [5.74, 6) is 0.727. The molecule has 0 atom stereocenters. The fourth-order valence-electron chi connectivity index (χ4n) is 2.64. The Morgan fingerprint density at radius 1 is 1.20 bits per heavy atom. The molecule has 0 fully saturated rings. The van der Waals surface area contributed by atoms with Crippen molar-refractivity contribution in [3.63, 3.8) is 0 Å². The topological polar surface area (TPSA) is 70.7 Å². The first-order valence-corrected chi connectivity index (χ1v) is 8.06. The number of carbonyl (C=O) groups excluding carboxylic acids is 1. The number of nitrogens with one attached hydrogen (secondary N) is 1. The Kier molecular flexibility index (Phi) is 4.91. The standard InChI is InChI=1S/C20H18N4O/c1-15-23-18(14-24(15)19-8-3-2-4-9-19)10-11-22-20(25)17-7-5-6-16(12-17)13-21/h2-9,12,14H,10-11H2,1H3,(H,22,25). The van der Waals surface area contributed by atoms with Crippen molar-refractivity contribution in [2.45, 2.75) is 13.3 Å². The van der Waals surface area contributed by atoms with Gasteiger partial charge in [-0.1, -0.05) is 24.3 Å². The van der Waals surface area contributed by atoms with Crippen molar-refractivity contribution in [2.75, 3.05) is 6.54 Å². The van der Waals surface area contributed by atoms with Gasteiger partial charge in [0.05, 0.1) is 17.3 Å². The fraction of sp³-hybridized carbons (Fsp3) is 0.150. The summed E-state index contributed by atoms with van der Waals surface area (Å²) in [6.07, 6.45) is 2.64. The average Bonchev–Trinajstić information content (AvgIpc) is 3.03. The Hall–Kier alpha value is -3.39. The lowest BCUT2D eigenvalue weighted by atomic mass is 10.1. The molecule has 0 unspecified atom stereocenters. The molecule has 0 spiro atoms. The Labute approximate surface area is 146 Å². The van der Waals surface area contributed by atoms with E-state index in [1.54, 1.807) is 24.3 Å². The third-order valence-electron chi connectivity index (χ3n) is 3.89. The van der Waals surface area contributed by atoms with E-state index in [1.165, 1.54) is 0 Å². The van der Waals surface area contributed by atoms with Crippen LogP contribution < -0.4 is 5.32 Å². The largest absolute Gasteiger partial charge is 0.352 e. The van der Waals surface area contributed by atoms with Gasteiger partial charge in [0, 0.05) is 30.4 Å². The van der Waals surface area contributed by atoms with Gasteiger partial charge >= 0.3 is 0 Å². The van der Waals surface area contributed by atoms with Gasteiger partial charge in [0.2, 0.25) is 0 Å². The minimum atomic E-state index is -0.184. The predicted molar refractivity (Wildman–Crippen MR) is 95.5 cm³/mol. The molecule has 25 heavy (non-hydrogen) atoms. The third kappa shape index (κ3) is 3.93. The first kappa shape index (κ1) is 16.5. The van der Waals surface area contributed by atoms with E-state index in [0.29, 0.717) is 24.1 Å². The fourth-order valence-corrected chi connectivity index (χ4v) is 2.64. The van der Waals surface area contributed by atoms with E-state index in [1.807, 2.05) is 54.1 Å². The second kappa shape index (κ2) is 7.45. The number of amides is 1. The van der Waals surface area contributed by atoms with Crippen LogP contribution in [-0.2, 0) is 6.42 Å². The van der Waals surface area contributed by atoms with E-state index in [9.17, 15) is 4.79 Å². The maximum absolute atomic E-state index is 12.2. The van der Waals surface area contributed by atoms with Crippen LogP contribution in [0.2, 0.25) is 0 Å². The average molecular weight is 330 g/mol. The van der Waals surface area contributed by atoms with E-state index in [2.05, 4.69) is 10.3 Å². The molecule has 0 bridgehead atoms. The normalized spacial score (nSPS) is 10.2. The van der Waals surface area contributed by atoms with E-state index in [-0.39, 0.29) is 5.91 Å². The molecule has 124 valence electrons. The number of aryl methyl sites for hydroxylation is 1. The third-order valence-corrected chi connectivity index (χ3v) is 3.89. The Bertz CT molecular complexity index is 922. The smallest absolute Gasteiger partial charge is 0.251 e. The van der Waals surface area contributed by atoms with Gasteiger partial charge in [-0.25, -0.2) is 4.98 Å². The van der Waals surface area contributed by atoms with Gasteiger partial charge in [-0.15, -0.1) is 0 Å². The van der Waals surface area contributed by atoms with Crippen molar-refractivity contribution < 1.29 is 4.79 Å². The molecule has 0 aliphatic carbocycles. The van der Waals surface area contributed by atoms with Gasteiger partial charge in [0.1, 0.15) is 5.82 Å². The van der Waals surface area contributed by atoms with Gasteiger partial charge in [-0.05, 0) is 37.3 Å². The lowest BCUT2D eigenvalue weighted by Crippen LogP contribution is -2.25. The maximum Gasteiger partial charge on any atom is 0.251 e. The lowest BCUT2D eigenvalue weighted by molar-refractivity contribution is 0.0954. The van der Waals surface area contributed by atoms with Crippen LogP contribution in [0.15, 0.2) is 60.8 Å². The highest BCUT2D eigenvalue weighted by atomic mass is 16.1. The molecule has 5 heteroatoms. The van der Waals surface area contributed by atoms with Crippen LogP contribution in [-0.4, -0.2) is 22.0 Å². The molecule has 0 radical (unpaired) electrons. The minimum absolute atomic E-state index is 0.184. The van der Waals surface area contributed by atoms with Crippen molar-refractivity contribution in [3.05, 3.63) is 83.4 Å². The van der Waals surface area contributed by atoms with Crippen molar-refractivity contribution in [3.8, 4) is 11.8 Å². The van der Waals surface area contributed by atoms with Gasteiger partial charge in [0.25, 0.3) is 5.91 Å². The molecule has 0 aliphatic heterocycles. The summed E-state index contributed by atoms with van der Waals surface area (Å²) in [5, 5.41) is 11.8. The highest BCUT2D eigenvalue weighted by Crippen LogP contribution is 2.12. The zero-order valence-electron chi connectivity index (χ0n) is 13.9. The molecule has 1 N–H and O–H groups in total. The Morgan fingerprint density at radius 3 is 2.76 bits per heavy atom. The van der Waals surface area contributed by atoms with Crippen LogP contribution in [0.5, 0.6) is 0 Å². The summed E-state index contributed by atoms with van der Waals surface area (Å²) in [5.41, 5.74) is 2.96. The highest BCUT2D eigenvalue weighted by molar-refractivity contribution is 5.94. The number of carbonyl (C=O) groups is 1. The number of rotatable bonds is 5. The van der Waals surface area contributed by atoms with Crippen molar-refractivity contribution in [2.24, 2.45) is 0 Å². The molecular weight excluding hydrogens is 312 g/mol. The molecule has 3 rings (SSSR count). The second-order valence-electron chi connectivity index (χ2n) is 5.68. The van der Waals surface area contributed by atoms with Crippen LogP contribution in [0.4, 0.5) is 0 Å². The number of imidazole rings is 1. The number of hydrogen-bond donors (Lipinski definition) is 1. The quantitative estimate of drug-likeness (QED) is 0.781. The molecule has 1 aromatic heterocycles. The number of hydrogen-bond acceptors (Lipinski definition) is 3. The van der Waals surface area contributed by atoms with Gasteiger partial charge in [-0.3, -0.25) is 4.79 Å². The molecule has 1 heterocycles. The molecule has 3 aromatic rings. The minimum Gasteiger partial charge on any atom is -0.352 e. The number of para-hydroxylation sites is 1. The molecule has 2 aromatic carbocycles. The van der Waals surface area contributed by atoms with E-state index in [4.69, 9.17) is 5.26 Å². The zero-order chi connectivity index (χ0) is 17.6. The summed E-state index contributed by atoms with van der Waals surface area (Å²) in [6.45, 7) is 2.45. The molecular formula is C20H18N4O. The van der Waals surface area contributed by atoms with Crippen LogP contribution in [0, 0.1) is 18.3 Å². The second-order valence-corrected chi connectivity index (χ2v) is 5.68. The van der Waals surface area contributed by atoms with Crippen molar-refractivity contribution in [1.82, 2.24) is 14.9 Å². The predicted octanol–water partition coefficient (Wildman–Crippen LogP) is 3.02. The first-order chi connectivity index (χ1) is 12.2. The van der Waals surface area contributed by atoms with E-state index in [0.717, 1.165) is 17.2 Å². The maximum atomic E-state index is 12.2. The van der Waals surface area contributed by atoms with Gasteiger partial charge in [0.15, 0.2) is 0 Å². The summed E-state index contributed by atoms with van der Waals surface area (Å²) in [4.78, 5) is 16.7. The highest BCUT2D eigenvalue weighted by Gasteiger charge is 2.08. The van der Waals surface area contributed by atoms with E-state index < -0.39 is 0 Å². The number of benzene rings is 2. The summed E-state index contributed by atoms with van der Waals surface area (Å²) < 4.78 is 2.04. The Balaban J connectivity index is 1.61. The molecule has 5 nitrogen and oxygen atoms in total. The van der Waals surface area contributed by atoms with Crippen LogP contribution in [0.1, 0.15) is 27.4 Å². The lowest BCUT2D eigenvalue weighted by Gasteiger charge is -2.04. The summed E-state index contributed by atoms with van der Waals surface area (Å²) in [7, 11) is 0. The molecule has 0 aliphatic rings. The molecule has 0 saturated carbocycles. The first-order valence-electron chi connectivity index (χ1n) is 8.06. The summed E-state index contributed by atoms with van der Waals surface area (Å²) >= 11 is 0. The molecule has 0 saturated heterocycles. The van der Waals surface area contributed by atoms with Crippen LogP contribution in [0.25, 0.3) is 5.69 Å².